The fourth-order valence-electron chi connectivity index (χ4n) is 2.64. The van der Waals surface area contributed by atoms with Crippen LogP contribution < -0.4 is 0 Å². The Kier molecular flexibility index (Phi) is 2.73. The Balaban J connectivity index is 1.89. The number of nitrogens with zero attached hydrogens (tertiary/aromatic N) is 3. The Labute approximate surface area is 128 Å². The highest BCUT2D eigenvalue weighted by molar-refractivity contribution is 5.84. The molecule has 0 bridgehead atoms. The average molecular weight is 288 g/mol. The summed E-state index contributed by atoms with van der Waals surface area (Å²) in [6.45, 7) is 6.05. The monoisotopic (exact) mass is 288 g/mol. The SMILES string of the molecule is Cc1ccc2nc(-c3ccc4nc(C)c(C)nc4c3)[nH]c2c1. The van der Waals surface area contributed by atoms with Crippen LogP contribution in [0.15, 0.2) is 36.4 Å². The Bertz CT molecular complexity index is 1010. The zero-order valence-electron chi connectivity index (χ0n) is 12.8. The van der Waals surface area contributed by atoms with E-state index >= 15 is 0 Å². The van der Waals surface area contributed by atoms with E-state index < -0.39 is 0 Å². The molecule has 0 unspecified atom stereocenters. The minimum atomic E-state index is 0.863. The second-order valence-corrected chi connectivity index (χ2v) is 5.70. The van der Waals surface area contributed by atoms with Gasteiger partial charge in [0.2, 0.25) is 0 Å². The molecular weight excluding hydrogens is 272 g/mol. The van der Waals surface area contributed by atoms with Gasteiger partial charge in [0.25, 0.3) is 0 Å². The molecule has 0 aliphatic carbocycles. The van der Waals surface area contributed by atoms with Crippen LogP contribution in [0.4, 0.5) is 0 Å². The predicted molar refractivity (Wildman–Crippen MR) is 88.8 cm³/mol. The molecule has 0 aliphatic rings. The Morgan fingerprint density at radius 3 is 2.27 bits per heavy atom. The third kappa shape index (κ3) is 2.04. The molecule has 4 nitrogen and oxygen atoms in total. The van der Waals surface area contributed by atoms with Gasteiger partial charge in [0.15, 0.2) is 0 Å². The number of rotatable bonds is 1. The van der Waals surface area contributed by atoms with Crippen LogP contribution in [0, 0.1) is 20.8 Å². The highest BCUT2D eigenvalue weighted by Crippen LogP contribution is 2.24. The van der Waals surface area contributed by atoms with Crippen molar-refractivity contribution >= 4 is 22.1 Å². The maximum atomic E-state index is 4.67. The number of aromatic amines is 1. The van der Waals surface area contributed by atoms with Crippen molar-refractivity contribution in [1.29, 1.82) is 0 Å². The molecule has 0 aliphatic heterocycles. The molecule has 0 spiro atoms. The topological polar surface area (TPSA) is 54.5 Å². The summed E-state index contributed by atoms with van der Waals surface area (Å²) in [4.78, 5) is 17.2. The molecule has 0 radical (unpaired) electrons. The maximum absolute atomic E-state index is 4.67. The number of hydrogen-bond donors (Lipinski definition) is 1. The Morgan fingerprint density at radius 2 is 1.45 bits per heavy atom. The number of imidazole rings is 1. The molecule has 0 fully saturated rings. The molecular formula is C18H16N4. The molecule has 2 aromatic carbocycles. The van der Waals surface area contributed by atoms with Gasteiger partial charge in [-0.2, -0.15) is 0 Å². The lowest BCUT2D eigenvalue weighted by Gasteiger charge is -2.03. The van der Waals surface area contributed by atoms with Crippen LogP contribution in [0.3, 0.4) is 0 Å². The Morgan fingerprint density at radius 1 is 0.727 bits per heavy atom. The van der Waals surface area contributed by atoms with Crippen molar-refractivity contribution in [3.8, 4) is 11.4 Å². The van der Waals surface area contributed by atoms with Crippen molar-refractivity contribution in [3.63, 3.8) is 0 Å². The third-order valence-corrected chi connectivity index (χ3v) is 3.99. The number of fused-ring (bicyclic) bond motifs is 2. The van der Waals surface area contributed by atoms with Gasteiger partial charge in [-0.1, -0.05) is 6.07 Å². The first kappa shape index (κ1) is 13.0. The van der Waals surface area contributed by atoms with Gasteiger partial charge in [-0.25, -0.2) is 15.0 Å². The zero-order chi connectivity index (χ0) is 15.3. The van der Waals surface area contributed by atoms with Gasteiger partial charge in [-0.3, -0.25) is 0 Å². The smallest absolute Gasteiger partial charge is 0.138 e. The molecule has 22 heavy (non-hydrogen) atoms. The van der Waals surface area contributed by atoms with Gasteiger partial charge < -0.3 is 4.98 Å². The van der Waals surface area contributed by atoms with Crippen LogP contribution in [0.1, 0.15) is 17.0 Å². The lowest BCUT2D eigenvalue weighted by molar-refractivity contribution is 1.10. The van der Waals surface area contributed by atoms with E-state index in [1.807, 2.05) is 38.1 Å². The minimum absolute atomic E-state index is 0.863. The first-order valence-electron chi connectivity index (χ1n) is 7.32. The van der Waals surface area contributed by atoms with Crippen molar-refractivity contribution in [1.82, 2.24) is 19.9 Å². The van der Waals surface area contributed by atoms with Crippen molar-refractivity contribution < 1.29 is 0 Å². The lowest BCUT2D eigenvalue weighted by atomic mass is 10.1. The highest BCUT2D eigenvalue weighted by Gasteiger charge is 2.08. The van der Waals surface area contributed by atoms with Crippen molar-refractivity contribution in [2.45, 2.75) is 20.8 Å². The molecule has 4 heteroatoms. The summed E-state index contributed by atoms with van der Waals surface area (Å²) in [7, 11) is 0. The minimum Gasteiger partial charge on any atom is -0.338 e. The van der Waals surface area contributed by atoms with E-state index in [9.17, 15) is 0 Å². The van der Waals surface area contributed by atoms with Crippen molar-refractivity contribution in [2.24, 2.45) is 0 Å². The molecule has 2 aromatic heterocycles. The second-order valence-electron chi connectivity index (χ2n) is 5.70. The summed E-state index contributed by atoms with van der Waals surface area (Å²) >= 11 is 0. The van der Waals surface area contributed by atoms with Crippen LogP contribution >= 0.6 is 0 Å². The molecule has 0 saturated heterocycles. The van der Waals surface area contributed by atoms with Crippen LogP contribution in [0.2, 0.25) is 0 Å². The first-order chi connectivity index (χ1) is 10.6. The van der Waals surface area contributed by atoms with Crippen molar-refractivity contribution in [3.05, 3.63) is 53.3 Å². The molecule has 0 saturated carbocycles. The number of aromatic nitrogens is 4. The van der Waals surface area contributed by atoms with E-state index in [0.717, 1.165) is 44.8 Å². The molecule has 108 valence electrons. The van der Waals surface area contributed by atoms with E-state index in [1.165, 1.54) is 5.56 Å². The molecule has 0 amide bonds. The second kappa shape index (κ2) is 4.63. The van der Waals surface area contributed by atoms with Gasteiger partial charge in [-0.15, -0.1) is 0 Å². The molecule has 4 rings (SSSR count). The Hall–Kier alpha value is -2.75. The van der Waals surface area contributed by atoms with Gasteiger partial charge in [0, 0.05) is 5.56 Å². The van der Waals surface area contributed by atoms with Crippen LogP contribution in [0.5, 0.6) is 0 Å². The summed E-state index contributed by atoms with van der Waals surface area (Å²) in [5.41, 5.74) is 8.03. The molecule has 4 aromatic rings. The summed E-state index contributed by atoms with van der Waals surface area (Å²) in [5, 5.41) is 0. The maximum Gasteiger partial charge on any atom is 0.138 e. The van der Waals surface area contributed by atoms with Crippen LogP contribution in [0.25, 0.3) is 33.5 Å². The molecule has 0 atom stereocenters. The predicted octanol–water partition coefficient (Wildman–Crippen LogP) is 4.10. The van der Waals surface area contributed by atoms with Gasteiger partial charge in [-0.05, 0) is 56.7 Å². The van der Waals surface area contributed by atoms with E-state index in [4.69, 9.17) is 0 Å². The van der Waals surface area contributed by atoms with E-state index in [-0.39, 0.29) is 0 Å². The van der Waals surface area contributed by atoms with Crippen molar-refractivity contribution in [2.75, 3.05) is 0 Å². The normalized spacial score (nSPS) is 11.4. The quantitative estimate of drug-likeness (QED) is 0.573. The number of H-pyrrole nitrogens is 1. The number of aryl methyl sites for hydroxylation is 3. The molecule has 2 heterocycles. The summed E-state index contributed by atoms with van der Waals surface area (Å²) in [6, 6.07) is 12.3. The summed E-state index contributed by atoms with van der Waals surface area (Å²) < 4.78 is 0. The molecule has 1 N–H and O–H groups in total. The fraction of sp³-hybridized carbons (Fsp3) is 0.167. The van der Waals surface area contributed by atoms with E-state index in [1.54, 1.807) is 0 Å². The van der Waals surface area contributed by atoms with Gasteiger partial charge >= 0.3 is 0 Å². The largest absolute Gasteiger partial charge is 0.338 e. The van der Waals surface area contributed by atoms with E-state index in [2.05, 4.69) is 39.0 Å². The fourth-order valence-corrected chi connectivity index (χ4v) is 2.64. The highest BCUT2D eigenvalue weighted by atomic mass is 14.9. The lowest BCUT2D eigenvalue weighted by Crippen LogP contribution is -1.93. The third-order valence-electron chi connectivity index (χ3n) is 3.99. The first-order valence-corrected chi connectivity index (χ1v) is 7.32. The average Bonchev–Trinajstić information content (AvgIpc) is 2.91. The summed E-state index contributed by atoms with van der Waals surface area (Å²) in [6.07, 6.45) is 0. The van der Waals surface area contributed by atoms with Crippen LogP contribution in [-0.4, -0.2) is 19.9 Å². The zero-order valence-corrected chi connectivity index (χ0v) is 12.8. The number of nitrogens with one attached hydrogen (secondary N) is 1. The van der Waals surface area contributed by atoms with E-state index in [0.29, 0.717) is 0 Å². The number of hydrogen-bond acceptors (Lipinski definition) is 3. The standard InChI is InChI=1S/C18H16N4/c1-10-4-6-15-16(8-10)22-18(21-15)13-5-7-14-17(9-13)20-12(3)11(2)19-14/h4-9H,1-3H3,(H,21,22). The van der Waals surface area contributed by atoms with Crippen LogP contribution in [-0.2, 0) is 0 Å². The number of benzene rings is 2. The van der Waals surface area contributed by atoms with Gasteiger partial charge in [0.1, 0.15) is 5.82 Å². The van der Waals surface area contributed by atoms with Gasteiger partial charge in [0.05, 0.1) is 33.5 Å². The summed E-state index contributed by atoms with van der Waals surface area (Å²) in [5.74, 6) is 0.863.